The smallest absolute Gasteiger partial charge is 0.122 e. The zero-order chi connectivity index (χ0) is 10.6. The van der Waals surface area contributed by atoms with Crippen LogP contribution in [-0.4, -0.2) is 18.2 Å². The SMILES string of the molecule is NCCc1cc(Cl)cc(CCN)c1O. The van der Waals surface area contributed by atoms with Crippen LogP contribution in [0.5, 0.6) is 5.75 Å². The molecule has 0 heterocycles. The Morgan fingerprint density at radius 2 is 1.50 bits per heavy atom. The molecular formula is C10H15ClN2O. The van der Waals surface area contributed by atoms with Crippen molar-refractivity contribution >= 4 is 11.6 Å². The second kappa shape index (κ2) is 5.20. The standard InChI is InChI=1S/C10H15ClN2O/c11-9-5-7(1-3-12)10(14)8(6-9)2-4-13/h5-6,14H,1-4,12-13H2. The number of benzene rings is 1. The van der Waals surface area contributed by atoms with E-state index in [0.717, 1.165) is 11.1 Å². The van der Waals surface area contributed by atoms with E-state index in [1.54, 1.807) is 12.1 Å². The van der Waals surface area contributed by atoms with Gasteiger partial charge in [-0.15, -0.1) is 0 Å². The van der Waals surface area contributed by atoms with Crippen molar-refractivity contribution in [3.05, 3.63) is 28.3 Å². The molecule has 0 bridgehead atoms. The lowest BCUT2D eigenvalue weighted by atomic mass is 10.0. The Morgan fingerprint density at radius 3 is 1.86 bits per heavy atom. The van der Waals surface area contributed by atoms with Gasteiger partial charge in [0.2, 0.25) is 0 Å². The number of hydrogen-bond acceptors (Lipinski definition) is 3. The van der Waals surface area contributed by atoms with Crippen molar-refractivity contribution in [1.29, 1.82) is 0 Å². The third kappa shape index (κ3) is 2.61. The quantitative estimate of drug-likeness (QED) is 0.702. The van der Waals surface area contributed by atoms with Gasteiger partial charge in [0.25, 0.3) is 0 Å². The van der Waals surface area contributed by atoms with Crippen LogP contribution in [0.25, 0.3) is 0 Å². The van der Waals surface area contributed by atoms with E-state index < -0.39 is 0 Å². The van der Waals surface area contributed by atoms with E-state index in [1.807, 2.05) is 0 Å². The Labute approximate surface area is 88.7 Å². The zero-order valence-electron chi connectivity index (χ0n) is 7.96. The minimum absolute atomic E-state index is 0.283. The van der Waals surface area contributed by atoms with Gasteiger partial charge in [0.05, 0.1) is 0 Å². The number of nitrogens with two attached hydrogens (primary N) is 2. The van der Waals surface area contributed by atoms with Gasteiger partial charge in [0, 0.05) is 5.02 Å². The Balaban J connectivity index is 3.04. The van der Waals surface area contributed by atoms with Gasteiger partial charge in [0.1, 0.15) is 5.75 Å². The fraction of sp³-hybridized carbons (Fsp3) is 0.400. The number of halogens is 1. The number of phenolic OH excluding ortho intramolecular Hbond substituents is 1. The van der Waals surface area contributed by atoms with Gasteiger partial charge in [-0.3, -0.25) is 0 Å². The normalized spacial score (nSPS) is 10.5. The minimum Gasteiger partial charge on any atom is -0.507 e. The lowest BCUT2D eigenvalue weighted by Crippen LogP contribution is -2.06. The zero-order valence-corrected chi connectivity index (χ0v) is 8.72. The average molecular weight is 215 g/mol. The molecule has 0 aromatic heterocycles. The number of aromatic hydroxyl groups is 1. The van der Waals surface area contributed by atoms with Crippen LogP contribution in [0.2, 0.25) is 5.02 Å². The van der Waals surface area contributed by atoms with Crippen LogP contribution < -0.4 is 11.5 Å². The molecule has 0 saturated heterocycles. The van der Waals surface area contributed by atoms with Crippen molar-refractivity contribution in [1.82, 2.24) is 0 Å². The fourth-order valence-electron chi connectivity index (χ4n) is 1.41. The second-order valence-electron chi connectivity index (χ2n) is 3.15. The molecule has 14 heavy (non-hydrogen) atoms. The molecule has 0 aliphatic carbocycles. The molecule has 4 heteroatoms. The van der Waals surface area contributed by atoms with Crippen LogP contribution in [0.3, 0.4) is 0 Å². The second-order valence-corrected chi connectivity index (χ2v) is 3.59. The van der Waals surface area contributed by atoms with Crippen molar-refractivity contribution in [2.24, 2.45) is 11.5 Å². The first-order chi connectivity index (χ1) is 6.69. The summed E-state index contributed by atoms with van der Waals surface area (Å²) in [4.78, 5) is 0. The van der Waals surface area contributed by atoms with Crippen molar-refractivity contribution in [3.63, 3.8) is 0 Å². The molecule has 0 radical (unpaired) electrons. The highest BCUT2D eigenvalue weighted by molar-refractivity contribution is 6.30. The largest absolute Gasteiger partial charge is 0.507 e. The first-order valence-corrected chi connectivity index (χ1v) is 4.97. The molecule has 5 N–H and O–H groups in total. The number of hydrogen-bond donors (Lipinski definition) is 3. The summed E-state index contributed by atoms with van der Waals surface area (Å²) in [7, 11) is 0. The van der Waals surface area contributed by atoms with E-state index in [4.69, 9.17) is 23.1 Å². The topological polar surface area (TPSA) is 72.3 Å². The van der Waals surface area contributed by atoms with E-state index >= 15 is 0 Å². The third-order valence-electron chi connectivity index (χ3n) is 2.06. The lowest BCUT2D eigenvalue weighted by molar-refractivity contribution is 0.461. The van der Waals surface area contributed by atoms with Crippen LogP contribution in [0.1, 0.15) is 11.1 Å². The maximum atomic E-state index is 9.81. The number of phenols is 1. The molecule has 3 nitrogen and oxygen atoms in total. The lowest BCUT2D eigenvalue weighted by Gasteiger charge is -2.09. The summed E-state index contributed by atoms with van der Waals surface area (Å²) in [6.45, 7) is 0.992. The molecule has 1 rings (SSSR count). The summed E-state index contributed by atoms with van der Waals surface area (Å²) in [6, 6.07) is 3.48. The van der Waals surface area contributed by atoms with Crippen LogP contribution in [-0.2, 0) is 12.8 Å². The first kappa shape index (κ1) is 11.3. The van der Waals surface area contributed by atoms with E-state index in [-0.39, 0.29) is 5.75 Å². The predicted octanol–water partition coefficient (Wildman–Crippen LogP) is 1.05. The van der Waals surface area contributed by atoms with Gasteiger partial charge >= 0.3 is 0 Å². The average Bonchev–Trinajstić information content (AvgIpc) is 2.14. The van der Waals surface area contributed by atoms with E-state index in [2.05, 4.69) is 0 Å². The van der Waals surface area contributed by atoms with Gasteiger partial charge in [-0.2, -0.15) is 0 Å². The van der Waals surface area contributed by atoms with Crippen molar-refractivity contribution in [2.45, 2.75) is 12.8 Å². The molecule has 0 aliphatic heterocycles. The van der Waals surface area contributed by atoms with E-state index in [0.29, 0.717) is 31.0 Å². The third-order valence-corrected chi connectivity index (χ3v) is 2.28. The summed E-state index contributed by atoms with van der Waals surface area (Å²) in [6.07, 6.45) is 1.26. The molecule has 0 spiro atoms. The Morgan fingerprint density at radius 1 is 1.07 bits per heavy atom. The molecule has 0 atom stereocenters. The Hall–Kier alpha value is -0.770. The van der Waals surface area contributed by atoms with Crippen LogP contribution >= 0.6 is 11.6 Å². The number of rotatable bonds is 4. The summed E-state index contributed by atoms with van der Waals surface area (Å²) < 4.78 is 0. The van der Waals surface area contributed by atoms with Crippen molar-refractivity contribution in [3.8, 4) is 5.75 Å². The van der Waals surface area contributed by atoms with Gasteiger partial charge in [-0.1, -0.05) is 11.6 Å². The highest BCUT2D eigenvalue weighted by atomic mass is 35.5. The van der Waals surface area contributed by atoms with E-state index in [9.17, 15) is 5.11 Å². The minimum atomic E-state index is 0.283. The summed E-state index contributed by atoms with van der Waals surface area (Å²) in [5, 5.41) is 10.4. The molecule has 0 fully saturated rings. The first-order valence-electron chi connectivity index (χ1n) is 4.59. The Bertz CT molecular complexity index is 288. The summed E-state index contributed by atoms with van der Waals surface area (Å²) in [5.74, 6) is 0.283. The molecule has 78 valence electrons. The molecule has 0 saturated carbocycles. The molecule has 0 aliphatic rings. The van der Waals surface area contributed by atoms with Gasteiger partial charge < -0.3 is 16.6 Å². The molecular weight excluding hydrogens is 200 g/mol. The van der Waals surface area contributed by atoms with Crippen molar-refractivity contribution < 1.29 is 5.11 Å². The van der Waals surface area contributed by atoms with Crippen LogP contribution in [0, 0.1) is 0 Å². The van der Waals surface area contributed by atoms with Gasteiger partial charge in [0.15, 0.2) is 0 Å². The monoisotopic (exact) mass is 214 g/mol. The van der Waals surface area contributed by atoms with Crippen LogP contribution in [0.4, 0.5) is 0 Å². The van der Waals surface area contributed by atoms with Gasteiger partial charge in [-0.05, 0) is 49.2 Å². The molecule has 0 unspecified atom stereocenters. The highest BCUT2D eigenvalue weighted by Crippen LogP contribution is 2.27. The maximum absolute atomic E-state index is 9.81. The van der Waals surface area contributed by atoms with Gasteiger partial charge in [-0.25, -0.2) is 0 Å². The van der Waals surface area contributed by atoms with E-state index in [1.165, 1.54) is 0 Å². The summed E-state index contributed by atoms with van der Waals surface area (Å²) >= 11 is 5.90. The molecule has 0 amide bonds. The summed E-state index contributed by atoms with van der Waals surface area (Å²) in [5.41, 5.74) is 12.4. The molecule has 1 aromatic carbocycles. The molecule has 1 aromatic rings. The predicted molar refractivity (Wildman–Crippen MR) is 58.6 cm³/mol. The Kier molecular flexibility index (Phi) is 4.20. The van der Waals surface area contributed by atoms with Crippen LogP contribution in [0.15, 0.2) is 12.1 Å². The fourth-order valence-corrected chi connectivity index (χ4v) is 1.67. The van der Waals surface area contributed by atoms with Crippen molar-refractivity contribution in [2.75, 3.05) is 13.1 Å². The highest BCUT2D eigenvalue weighted by Gasteiger charge is 2.07. The maximum Gasteiger partial charge on any atom is 0.122 e.